The lowest BCUT2D eigenvalue weighted by Gasteiger charge is -2.42. The van der Waals surface area contributed by atoms with Gasteiger partial charge in [0.2, 0.25) is 5.91 Å². The number of nitrogens with zero attached hydrogens (tertiary/aromatic N) is 3. The number of rotatable bonds is 7. The molecule has 9 nitrogen and oxygen atoms in total. The molecule has 16 heteroatoms. The number of likely N-dealkylation sites (tertiary alicyclic amines) is 1. The molecule has 45 heavy (non-hydrogen) atoms. The van der Waals surface area contributed by atoms with Crippen molar-refractivity contribution in [1.82, 2.24) is 9.80 Å². The number of sulfonamides is 1. The van der Waals surface area contributed by atoms with E-state index in [1.807, 2.05) is 0 Å². The lowest BCUT2D eigenvalue weighted by molar-refractivity contribution is -0.275. The number of ether oxygens (including phenoxy) is 2. The number of carbonyl (C=O) groups excluding carboxylic acids is 2. The van der Waals surface area contributed by atoms with Gasteiger partial charge in [0.25, 0.3) is 15.9 Å². The molecule has 0 saturated carbocycles. The fraction of sp³-hybridized carbons (Fsp3) is 0.310. The van der Waals surface area contributed by atoms with Crippen LogP contribution in [-0.4, -0.2) is 76.4 Å². The van der Waals surface area contributed by atoms with Crippen LogP contribution in [0.1, 0.15) is 17.5 Å². The second-order valence-electron chi connectivity index (χ2n) is 10.5. The number of para-hydroxylation sites is 1. The second kappa shape index (κ2) is 11.8. The Morgan fingerprint density at radius 3 is 2.40 bits per heavy atom. The van der Waals surface area contributed by atoms with E-state index in [2.05, 4.69) is 20.7 Å². The van der Waals surface area contributed by atoms with E-state index in [1.54, 1.807) is 12.1 Å². The first kappa shape index (κ1) is 33.0. The third-order valence-corrected chi connectivity index (χ3v) is 10.1. The van der Waals surface area contributed by atoms with Crippen LogP contribution in [0.15, 0.2) is 70.0 Å². The fourth-order valence-corrected chi connectivity index (χ4v) is 7.98. The summed E-state index contributed by atoms with van der Waals surface area (Å²) in [6, 6.07) is 11.5. The minimum atomic E-state index is -5.28. The molecule has 3 aromatic rings. The average Bonchev–Trinajstić information content (AvgIpc) is 3.46. The number of anilines is 1. The van der Waals surface area contributed by atoms with Crippen LogP contribution in [0.5, 0.6) is 11.5 Å². The van der Waals surface area contributed by atoms with Crippen LogP contribution in [0.2, 0.25) is 5.02 Å². The molecule has 2 aliphatic heterocycles. The van der Waals surface area contributed by atoms with Gasteiger partial charge in [-0.2, -0.15) is 0 Å². The molecule has 0 bridgehead atoms. The van der Waals surface area contributed by atoms with Gasteiger partial charge < -0.3 is 14.4 Å². The Hall–Kier alpha value is -3.40. The molecule has 0 spiro atoms. The predicted octanol–water partition coefficient (Wildman–Crippen LogP) is 5.49. The molecule has 1 fully saturated rings. The Morgan fingerprint density at radius 2 is 1.76 bits per heavy atom. The van der Waals surface area contributed by atoms with E-state index < -0.39 is 63.1 Å². The molecule has 2 amide bonds. The van der Waals surface area contributed by atoms with E-state index >= 15 is 9.18 Å². The van der Waals surface area contributed by atoms with Crippen molar-refractivity contribution in [2.75, 3.05) is 32.1 Å². The summed E-state index contributed by atoms with van der Waals surface area (Å²) in [6.45, 7) is -0.478. The highest BCUT2D eigenvalue weighted by molar-refractivity contribution is 9.10. The topological polar surface area (TPSA) is 96.5 Å². The summed E-state index contributed by atoms with van der Waals surface area (Å²) in [5.41, 5.74) is -2.49. The van der Waals surface area contributed by atoms with Gasteiger partial charge in [-0.15, -0.1) is 13.2 Å². The minimum absolute atomic E-state index is 0.0471. The number of benzene rings is 3. The zero-order chi connectivity index (χ0) is 33.1. The number of alkyl halides is 4. The first-order valence-electron chi connectivity index (χ1n) is 13.2. The molecule has 1 unspecified atom stereocenters. The summed E-state index contributed by atoms with van der Waals surface area (Å²) in [6.07, 6.45) is -7.21. The van der Waals surface area contributed by atoms with Crippen molar-refractivity contribution in [2.45, 2.75) is 35.4 Å². The summed E-state index contributed by atoms with van der Waals surface area (Å²) >= 11 is 9.43. The number of amides is 2. The minimum Gasteiger partial charge on any atom is -0.496 e. The van der Waals surface area contributed by atoms with E-state index in [-0.39, 0.29) is 38.5 Å². The van der Waals surface area contributed by atoms with Gasteiger partial charge >= 0.3 is 6.36 Å². The molecule has 0 aromatic heterocycles. The Labute approximate surface area is 269 Å². The number of fused-ring (bicyclic) bond motifs is 1. The molecule has 0 radical (unpaired) electrons. The lowest BCUT2D eigenvalue weighted by Crippen LogP contribution is -2.59. The van der Waals surface area contributed by atoms with Crippen LogP contribution >= 0.6 is 27.5 Å². The monoisotopic (exact) mass is 733 g/mol. The van der Waals surface area contributed by atoms with E-state index in [0.717, 1.165) is 12.1 Å². The maximum Gasteiger partial charge on any atom is 0.573 e. The molecule has 3 atom stereocenters. The number of methoxy groups -OCH3 is 1. The van der Waals surface area contributed by atoms with Crippen molar-refractivity contribution in [1.29, 1.82) is 0 Å². The number of halogens is 6. The number of hydrogen-bond acceptors (Lipinski definition) is 7. The molecule has 2 aliphatic rings. The van der Waals surface area contributed by atoms with Crippen molar-refractivity contribution >= 4 is 55.1 Å². The van der Waals surface area contributed by atoms with Crippen molar-refractivity contribution in [3.05, 3.63) is 81.3 Å². The van der Waals surface area contributed by atoms with Gasteiger partial charge in [-0.25, -0.2) is 17.1 Å². The first-order valence-corrected chi connectivity index (χ1v) is 15.9. The van der Waals surface area contributed by atoms with Gasteiger partial charge in [-0.05, 0) is 42.5 Å². The number of carbonyl (C=O) groups is 2. The van der Waals surface area contributed by atoms with Crippen molar-refractivity contribution < 1.29 is 45.0 Å². The second-order valence-corrected chi connectivity index (χ2v) is 13.6. The first-order chi connectivity index (χ1) is 21.0. The zero-order valence-electron chi connectivity index (χ0n) is 23.8. The SMILES string of the molecule is COc1ccccc1C1(N2C[C@H](F)C[C@H]2C(=O)N(C)C)C(=O)N(S(=O)(=O)c2ccc(Br)cc2OC(F)(F)F)c2ccc(Cl)cc21. The van der Waals surface area contributed by atoms with Crippen molar-refractivity contribution in [3.8, 4) is 11.5 Å². The van der Waals surface area contributed by atoms with Crippen LogP contribution in [0.25, 0.3) is 0 Å². The van der Waals surface area contributed by atoms with Crippen LogP contribution in [0, 0.1) is 0 Å². The van der Waals surface area contributed by atoms with Gasteiger partial charge in [0.05, 0.1) is 18.8 Å². The Kier molecular flexibility index (Phi) is 8.61. The molecule has 0 N–H and O–H groups in total. The van der Waals surface area contributed by atoms with Crippen LogP contribution in [0.3, 0.4) is 0 Å². The third-order valence-electron chi connectivity index (χ3n) is 7.61. The van der Waals surface area contributed by atoms with Crippen LogP contribution < -0.4 is 13.8 Å². The Balaban J connectivity index is 1.86. The van der Waals surface area contributed by atoms with Gasteiger partial charge in [0.15, 0.2) is 11.3 Å². The summed E-state index contributed by atoms with van der Waals surface area (Å²) in [4.78, 5) is 30.1. The molecular weight excluding hydrogens is 710 g/mol. The molecule has 5 rings (SSSR count). The van der Waals surface area contributed by atoms with E-state index in [0.29, 0.717) is 4.31 Å². The third kappa shape index (κ3) is 5.53. The fourth-order valence-electron chi connectivity index (χ4n) is 5.91. The molecule has 240 valence electrons. The Bertz CT molecular complexity index is 1790. The predicted molar refractivity (Wildman–Crippen MR) is 159 cm³/mol. The van der Waals surface area contributed by atoms with Gasteiger partial charge in [-0.3, -0.25) is 14.5 Å². The number of hydrogen-bond donors (Lipinski definition) is 0. The molecule has 3 aromatic carbocycles. The highest BCUT2D eigenvalue weighted by Crippen LogP contribution is 2.55. The summed E-state index contributed by atoms with van der Waals surface area (Å²) in [5.74, 6) is -2.77. The van der Waals surface area contributed by atoms with E-state index in [4.69, 9.17) is 16.3 Å². The normalized spacial score (nSPS) is 22.0. The average molecular weight is 735 g/mol. The zero-order valence-corrected chi connectivity index (χ0v) is 27.0. The molecule has 2 heterocycles. The summed E-state index contributed by atoms with van der Waals surface area (Å²) in [5, 5.41) is 0.0660. The lowest BCUT2D eigenvalue weighted by atomic mass is 9.80. The summed E-state index contributed by atoms with van der Waals surface area (Å²) in [7, 11) is -0.972. The van der Waals surface area contributed by atoms with Crippen LogP contribution in [-0.2, 0) is 25.2 Å². The highest BCUT2D eigenvalue weighted by atomic mass is 79.9. The van der Waals surface area contributed by atoms with E-state index in [1.165, 1.54) is 67.4 Å². The van der Waals surface area contributed by atoms with Gasteiger partial charge in [-0.1, -0.05) is 45.7 Å². The summed E-state index contributed by atoms with van der Waals surface area (Å²) < 4.78 is 94.4. The van der Waals surface area contributed by atoms with Crippen molar-refractivity contribution in [3.63, 3.8) is 0 Å². The standard InChI is InChI=1S/C29H25BrClF4N3O6S/c1-36(2)26(39)22-14-18(32)15-37(22)28(19-6-4-5-7-23(19)43-3)20-13-17(31)9-10-21(20)38(27(28)40)45(41,42)25-11-8-16(30)12-24(25)44-29(33,34)35/h4-13,18,22H,14-15H2,1-3H3/t18-,22+,28?/m1/s1. The van der Waals surface area contributed by atoms with E-state index in [9.17, 15) is 26.4 Å². The largest absolute Gasteiger partial charge is 0.573 e. The molecular formula is C29H25BrClF4N3O6S. The van der Waals surface area contributed by atoms with Crippen molar-refractivity contribution in [2.24, 2.45) is 0 Å². The van der Waals surface area contributed by atoms with Crippen LogP contribution in [0.4, 0.5) is 23.2 Å². The highest BCUT2D eigenvalue weighted by Gasteiger charge is 2.64. The maximum atomic E-state index is 15.4. The molecule has 0 aliphatic carbocycles. The number of likely N-dealkylation sites (N-methyl/N-ethyl adjacent to an activating group) is 1. The molecule has 1 saturated heterocycles. The maximum absolute atomic E-state index is 15.4. The van der Waals surface area contributed by atoms with Gasteiger partial charge in [0, 0.05) is 47.7 Å². The Morgan fingerprint density at radius 1 is 1.07 bits per heavy atom. The quantitative estimate of drug-likeness (QED) is 0.297. The van der Waals surface area contributed by atoms with Gasteiger partial charge in [0.1, 0.15) is 16.8 Å². The smallest absolute Gasteiger partial charge is 0.496 e.